The van der Waals surface area contributed by atoms with Gasteiger partial charge >= 0.3 is 0 Å². The van der Waals surface area contributed by atoms with Crippen molar-refractivity contribution in [2.75, 3.05) is 18.0 Å². The van der Waals surface area contributed by atoms with Crippen LogP contribution in [-0.2, 0) is 6.54 Å². The minimum atomic E-state index is -0.0162. The van der Waals surface area contributed by atoms with Gasteiger partial charge in [0, 0.05) is 48.9 Å². The number of nitrogens with zero attached hydrogens (tertiary/aromatic N) is 3. The molecule has 6 heteroatoms. The third kappa shape index (κ3) is 3.55. The number of hydrogen-bond acceptors (Lipinski definition) is 5. The molecule has 0 bridgehead atoms. The molecule has 26 heavy (non-hydrogen) atoms. The van der Waals surface area contributed by atoms with Crippen LogP contribution in [0.25, 0.3) is 0 Å². The molecule has 136 valence electrons. The van der Waals surface area contributed by atoms with Crippen LogP contribution in [0.3, 0.4) is 0 Å². The summed E-state index contributed by atoms with van der Waals surface area (Å²) in [5.41, 5.74) is 8.41. The summed E-state index contributed by atoms with van der Waals surface area (Å²) in [5, 5.41) is 3.12. The monoisotopic (exact) mass is 351 g/mol. The Bertz CT molecular complexity index is 764. The third-order valence-corrected chi connectivity index (χ3v) is 5.45. The predicted octanol–water partition coefficient (Wildman–Crippen LogP) is 2.21. The second-order valence-corrected chi connectivity index (χ2v) is 7.23. The van der Waals surface area contributed by atoms with Crippen molar-refractivity contribution in [3.05, 3.63) is 53.5 Å². The number of nitrogens with two attached hydrogens (primary N) is 1. The maximum atomic E-state index is 12.3. The van der Waals surface area contributed by atoms with Gasteiger partial charge in [-0.2, -0.15) is 0 Å². The van der Waals surface area contributed by atoms with Crippen LogP contribution >= 0.6 is 0 Å². The molecule has 0 radical (unpaired) electrons. The molecule has 2 heterocycles. The number of carbonyl (C=O) groups excluding carboxylic acids is 1. The van der Waals surface area contributed by atoms with Crippen molar-refractivity contribution in [3.63, 3.8) is 0 Å². The van der Waals surface area contributed by atoms with E-state index in [2.05, 4.69) is 26.3 Å². The zero-order valence-electron chi connectivity index (χ0n) is 14.9. The van der Waals surface area contributed by atoms with E-state index in [0.29, 0.717) is 18.0 Å². The van der Waals surface area contributed by atoms with Gasteiger partial charge in [-0.25, -0.2) is 9.97 Å². The lowest BCUT2D eigenvalue weighted by molar-refractivity contribution is 0.0908. The van der Waals surface area contributed by atoms with E-state index < -0.39 is 0 Å². The molecule has 0 atom stereocenters. The van der Waals surface area contributed by atoms with E-state index in [-0.39, 0.29) is 11.9 Å². The summed E-state index contributed by atoms with van der Waals surface area (Å²) in [5.74, 6) is 1.43. The molecular weight excluding hydrogens is 326 g/mol. The molecule has 4 rings (SSSR count). The van der Waals surface area contributed by atoms with E-state index in [1.807, 2.05) is 24.3 Å². The molecule has 6 nitrogen and oxygen atoms in total. The Balaban J connectivity index is 1.32. The standard InChI is InChI=1S/C20H25N5O/c21-12-14-3-5-15(6-4-14)20(26)24-17-9-16(10-17)18-11-19(23-13-22-18)25-7-1-2-8-25/h3-6,11,13,16-17H,1-2,7-10,12,21H2,(H,24,26). The van der Waals surface area contributed by atoms with E-state index in [9.17, 15) is 4.79 Å². The van der Waals surface area contributed by atoms with E-state index >= 15 is 0 Å². The first-order valence-corrected chi connectivity index (χ1v) is 9.39. The second-order valence-electron chi connectivity index (χ2n) is 7.23. The Kier molecular flexibility index (Phi) is 4.84. The number of benzene rings is 1. The summed E-state index contributed by atoms with van der Waals surface area (Å²) < 4.78 is 0. The van der Waals surface area contributed by atoms with Crippen molar-refractivity contribution >= 4 is 11.7 Å². The summed E-state index contributed by atoms with van der Waals surface area (Å²) in [6, 6.07) is 9.81. The first-order valence-electron chi connectivity index (χ1n) is 9.39. The molecule has 3 N–H and O–H groups in total. The fourth-order valence-corrected chi connectivity index (χ4v) is 3.74. The topological polar surface area (TPSA) is 84.1 Å². The van der Waals surface area contributed by atoms with Gasteiger partial charge in [0.25, 0.3) is 5.91 Å². The fourth-order valence-electron chi connectivity index (χ4n) is 3.74. The van der Waals surface area contributed by atoms with Gasteiger partial charge in [-0.1, -0.05) is 12.1 Å². The van der Waals surface area contributed by atoms with Crippen LogP contribution in [0.4, 0.5) is 5.82 Å². The quantitative estimate of drug-likeness (QED) is 0.863. The Hall–Kier alpha value is -2.47. The highest BCUT2D eigenvalue weighted by Crippen LogP contribution is 2.37. The molecule has 1 aromatic carbocycles. The molecule has 0 unspecified atom stereocenters. The largest absolute Gasteiger partial charge is 0.357 e. The number of amides is 1. The zero-order valence-corrected chi connectivity index (χ0v) is 14.9. The smallest absolute Gasteiger partial charge is 0.251 e. The van der Waals surface area contributed by atoms with Crippen LogP contribution < -0.4 is 16.0 Å². The van der Waals surface area contributed by atoms with Gasteiger partial charge in [0.15, 0.2) is 0 Å². The van der Waals surface area contributed by atoms with Gasteiger partial charge in [-0.05, 0) is 43.4 Å². The lowest BCUT2D eigenvalue weighted by Crippen LogP contribution is -2.43. The van der Waals surface area contributed by atoms with E-state index in [0.717, 1.165) is 43.0 Å². The van der Waals surface area contributed by atoms with Crippen molar-refractivity contribution in [2.45, 2.75) is 44.2 Å². The number of anilines is 1. The van der Waals surface area contributed by atoms with Crippen LogP contribution in [0, 0.1) is 0 Å². The predicted molar refractivity (Wildman–Crippen MR) is 101 cm³/mol. The number of rotatable bonds is 5. The fraction of sp³-hybridized carbons (Fsp3) is 0.450. The second kappa shape index (κ2) is 7.41. The molecule has 2 aliphatic rings. The van der Waals surface area contributed by atoms with Crippen LogP contribution in [-0.4, -0.2) is 35.0 Å². The Morgan fingerprint density at radius 1 is 1.15 bits per heavy atom. The van der Waals surface area contributed by atoms with Gasteiger partial charge < -0.3 is 16.0 Å². The zero-order chi connectivity index (χ0) is 17.9. The maximum Gasteiger partial charge on any atom is 0.251 e. The Morgan fingerprint density at radius 3 is 2.58 bits per heavy atom. The van der Waals surface area contributed by atoms with E-state index in [4.69, 9.17) is 5.73 Å². The van der Waals surface area contributed by atoms with Gasteiger partial charge in [0.2, 0.25) is 0 Å². The minimum Gasteiger partial charge on any atom is -0.357 e. The molecule has 1 saturated carbocycles. The van der Waals surface area contributed by atoms with Crippen LogP contribution in [0.5, 0.6) is 0 Å². The summed E-state index contributed by atoms with van der Waals surface area (Å²) in [7, 11) is 0. The van der Waals surface area contributed by atoms with Crippen molar-refractivity contribution in [2.24, 2.45) is 5.73 Å². The first kappa shape index (κ1) is 17.0. The van der Waals surface area contributed by atoms with Gasteiger partial charge in [-0.3, -0.25) is 4.79 Å². The highest BCUT2D eigenvalue weighted by Gasteiger charge is 2.33. The van der Waals surface area contributed by atoms with Crippen LogP contribution in [0.2, 0.25) is 0 Å². The number of aromatic nitrogens is 2. The van der Waals surface area contributed by atoms with Crippen LogP contribution in [0.1, 0.15) is 53.2 Å². The molecule has 2 aromatic rings. The number of nitrogens with one attached hydrogen (secondary N) is 1. The molecule has 1 aliphatic heterocycles. The molecule has 2 fully saturated rings. The van der Waals surface area contributed by atoms with E-state index in [1.165, 1.54) is 12.8 Å². The molecular formula is C20H25N5O. The summed E-state index contributed by atoms with van der Waals surface area (Å²) in [6.45, 7) is 2.66. The highest BCUT2D eigenvalue weighted by atomic mass is 16.1. The Morgan fingerprint density at radius 2 is 1.88 bits per heavy atom. The SMILES string of the molecule is NCc1ccc(C(=O)NC2CC(c3cc(N4CCCC4)ncn3)C2)cc1. The number of carbonyl (C=O) groups is 1. The molecule has 1 amide bonds. The highest BCUT2D eigenvalue weighted by molar-refractivity contribution is 5.94. The maximum absolute atomic E-state index is 12.3. The third-order valence-electron chi connectivity index (χ3n) is 5.45. The lowest BCUT2D eigenvalue weighted by Gasteiger charge is -2.35. The summed E-state index contributed by atoms with van der Waals surface area (Å²) in [4.78, 5) is 23.6. The van der Waals surface area contributed by atoms with Crippen molar-refractivity contribution in [1.82, 2.24) is 15.3 Å². The lowest BCUT2D eigenvalue weighted by atomic mass is 9.78. The van der Waals surface area contributed by atoms with Crippen molar-refractivity contribution in [1.29, 1.82) is 0 Å². The minimum absolute atomic E-state index is 0.0162. The first-order chi connectivity index (χ1) is 12.7. The summed E-state index contributed by atoms with van der Waals surface area (Å²) in [6.07, 6.45) is 6.02. The average Bonchev–Trinajstić information content (AvgIpc) is 3.19. The van der Waals surface area contributed by atoms with E-state index in [1.54, 1.807) is 6.33 Å². The average molecular weight is 351 g/mol. The molecule has 1 aliphatic carbocycles. The van der Waals surface area contributed by atoms with Crippen molar-refractivity contribution in [3.8, 4) is 0 Å². The van der Waals surface area contributed by atoms with Gasteiger partial charge in [0.1, 0.15) is 12.1 Å². The van der Waals surface area contributed by atoms with Gasteiger partial charge in [-0.15, -0.1) is 0 Å². The number of hydrogen-bond donors (Lipinski definition) is 2. The molecule has 1 aromatic heterocycles. The molecule has 1 saturated heterocycles. The summed E-state index contributed by atoms with van der Waals surface area (Å²) >= 11 is 0. The Labute approximate surface area is 153 Å². The van der Waals surface area contributed by atoms with Crippen molar-refractivity contribution < 1.29 is 4.79 Å². The van der Waals surface area contributed by atoms with Crippen LogP contribution in [0.15, 0.2) is 36.7 Å². The normalized spacial score (nSPS) is 22.1. The van der Waals surface area contributed by atoms with Gasteiger partial charge in [0.05, 0.1) is 0 Å². The molecule has 0 spiro atoms.